The topological polar surface area (TPSA) is 121 Å². The zero-order valence-corrected chi connectivity index (χ0v) is 23.3. The van der Waals surface area contributed by atoms with Gasteiger partial charge in [-0.2, -0.15) is 0 Å². The van der Waals surface area contributed by atoms with Gasteiger partial charge in [-0.15, -0.1) is 0 Å². The van der Waals surface area contributed by atoms with E-state index in [1.165, 1.54) is 19.3 Å². The molecule has 0 aromatic heterocycles. The van der Waals surface area contributed by atoms with Gasteiger partial charge >= 0.3 is 6.16 Å². The molecule has 2 aliphatic heterocycles. The second kappa shape index (κ2) is 12.0. The Kier molecular flexibility index (Phi) is 8.19. The number of aryl methyl sites for hydroxylation is 1. The van der Waals surface area contributed by atoms with Crippen LogP contribution in [0.4, 0.5) is 4.79 Å². The van der Waals surface area contributed by atoms with E-state index in [1.807, 2.05) is 30.3 Å². The number of benzene rings is 2. The van der Waals surface area contributed by atoms with Crippen molar-refractivity contribution in [1.82, 2.24) is 0 Å². The lowest BCUT2D eigenvalue weighted by Gasteiger charge is -2.36. The number of hydrogen-bond acceptors (Lipinski definition) is 9. The Balaban J connectivity index is 1.12. The maximum atomic E-state index is 13.0. The Morgan fingerprint density at radius 2 is 1.76 bits per heavy atom. The number of aliphatic hydroxyl groups excluding tert-OH is 2. The van der Waals surface area contributed by atoms with E-state index in [2.05, 4.69) is 6.92 Å². The highest BCUT2D eigenvalue weighted by molar-refractivity contribution is 5.89. The first-order chi connectivity index (χ1) is 19.9. The van der Waals surface area contributed by atoms with Crippen LogP contribution >= 0.6 is 0 Å². The summed E-state index contributed by atoms with van der Waals surface area (Å²) in [5, 5.41) is 21.1. The maximum Gasteiger partial charge on any atom is 0.508 e. The third-order valence-corrected chi connectivity index (χ3v) is 9.15. The second-order valence-electron chi connectivity index (χ2n) is 11.7. The van der Waals surface area contributed by atoms with Crippen LogP contribution in [-0.4, -0.2) is 66.9 Å². The monoisotopic (exact) mass is 566 g/mol. The van der Waals surface area contributed by atoms with Gasteiger partial charge in [-0.25, -0.2) is 4.79 Å². The first-order valence-electron chi connectivity index (χ1n) is 14.7. The summed E-state index contributed by atoms with van der Waals surface area (Å²) in [6.07, 6.45) is -0.0620. The van der Waals surface area contributed by atoms with Gasteiger partial charge in [-0.05, 0) is 84.2 Å². The largest absolute Gasteiger partial charge is 0.508 e. The third kappa shape index (κ3) is 5.94. The van der Waals surface area contributed by atoms with E-state index in [9.17, 15) is 19.8 Å². The molecule has 6 rings (SSSR count). The van der Waals surface area contributed by atoms with Crippen molar-refractivity contribution in [2.24, 2.45) is 17.8 Å². The molecule has 0 amide bonds. The molecule has 3 fully saturated rings. The van der Waals surface area contributed by atoms with Crippen LogP contribution in [0, 0.1) is 17.8 Å². The number of carbonyl (C=O) groups excluding carboxylic acids is 2. The summed E-state index contributed by atoms with van der Waals surface area (Å²) in [4.78, 5) is 25.3. The van der Waals surface area contributed by atoms with Gasteiger partial charge in [0.1, 0.15) is 44.2 Å². The van der Waals surface area contributed by atoms with Crippen molar-refractivity contribution in [1.29, 1.82) is 0 Å². The number of aliphatic hydroxyl groups is 2. The highest BCUT2D eigenvalue weighted by Crippen LogP contribution is 2.48. The van der Waals surface area contributed by atoms with Gasteiger partial charge < -0.3 is 33.9 Å². The third-order valence-electron chi connectivity index (χ3n) is 9.15. The molecule has 41 heavy (non-hydrogen) atoms. The number of fused-ring (bicyclic) bond motifs is 3. The minimum Gasteiger partial charge on any atom is -0.486 e. The Morgan fingerprint density at radius 3 is 2.51 bits per heavy atom. The van der Waals surface area contributed by atoms with Gasteiger partial charge in [0, 0.05) is 0 Å². The number of hydrogen-bond donors (Lipinski definition) is 2. The molecule has 9 heteroatoms. The summed E-state index contributed by atoms with van der Waals surface area (Å²) in [7, 11) is 0. The van der Waals surface area contributed by atoms with Gasteiger partial charge in [0.25, 0.3) is 0 Å². The fraction of sp³-hybridized carbons (Fsp3) is 0.562. The molecular formula is C32H38O9. The summed E-state index contributed by atoms with van der Waals surface area (Å²) in [5.41, 5.74) is 3.72. The van der Waals surface area contributed by atoms with Crippen LogP contribution in [0.2, 0.25) is 0 Å². The number of carbonyl (C=O) groups is 2. The Hall–Kier alpha value is -3.14. The maximum absolute atomic E-state index is 13.0. The second-order valence-corrected chi connectivity index (χ2v) is 11.7. The molecule has 7 atom stereocenters. The summed E-state index contributed by atoms with van der Waals surface area (Å²) >= 11 is 0. The van der Waals surface area contributed by atoms with Gasteiger partial charge in [0.05, 0.1) is 6.61 Å². The molecule has 2 N–H and O–H groups in total. The summed E-state index contributed by atoms with van der Waals surface area (Å²) in [5.74, 6) is 2.55. The van der Waals surface area contributed by atoms with Gasteiger partial charge in [-0.1, -0.05) is 37.6 Å². The standard InChI is InChI=1S/C32H38O9/c1-2-20-6-7-22(15-23(20)12-19-4-8-25-26(14-19)38-10-9-37-25)31-30(35)29(34)28(33)27(41-31)17-40-32(36)39-16-24-13-18-3-5-21(24)11-18/h4,6-8,14-15,18,21,24,27-29,31,33-34H,2-3,5,9-13,16-17H2,1H3. The Morgan fingerprint density at radius 1 is 0.951 bits per heavy atom. The normalized spacial score (nSPS) is 30.3. The number of ketones is 1. The smallest absolute Gasteiger partial charge is 0.486 e. The molecule has 2 aromatic rings. The fourth-order valence-corrected chi connectivity index (χ4v) is 6.91. The first-order valence-corrected chi connectivity index (χ1v) is 14.7. The average molecular weight is 567 g/mol. The van der Waals surface area contributed by atoms with E-state index in [0.29, 0.717) is 49.4 Å². The van der Waals surface area contributed by atoms with Crippen LogP contribution in [-0.2, 0) is 31.8 Å². The van der Waals surface area contributed by atoms with Crippen LogP contribution in [0.15, 0.2) is 36.4 Å². The average Bonchev–Trinajstić information content (AvgIpc) is 3.62. The molecule has 4 aliphatic rings. The molecule has 1 saturated heterocycles. The minimum atomic E-state index is -1.67. The van der Waals surface area contributed by atoms with Gasteiger partial charge in [-0.3, -0.25) is 4.79 Å². The zero-order chi connectivity index (χ0) is 28.5. The Labute approximate surface area is 239 Å². The lowest BCUT2D eigenvalue weighted by molar-refractivity contribution is -0.190. The molecule has 0 radical (unpaired) electrons. The molecular weight excluding hydrogens is 528 g/mol. The van der Waals surface area contributed by atoms with Crippen molar-refractivity contribution in [3.8, 4) is 11.5 Å². The molecule has 2 saturated carbocycles. The van der Waals surface area contributed by atoms with Crippen molar-refractivity contribution in [3.63, 3.8) is 0 Å². The van der Waals surface area contributed by atoms with Crippen LogP contribution in [0.3, 0.4) is 0 Å². The molecule has 9 nitrogen and oxygen atoms in total. The van der Waals surface area contributed by atoms with Crippen LogP contribution < -0.4 is 9.47 Å². The minimum absolute atomic E-state index is 0.327. The summed E-state index contributed by atoms with van der Waals surface area (Å²) < 4.78 is 27.9. The molecule has 2 bridgehead atoms. The van der Waals surface area contributed by atoms with Gasteiger partial charge in [0.15, 0.2) is 17.3 Å². The van der Waals surface area contributed by atoms with Crippen molar-refractivity contribution < 1.29 is 43.5 Å². The van der Waals surface area contributed by atoms with E-state index in [-0.39, 0.29) is 6.61 Å². The predicted octanol–water partition coefficient (Wildman–Crippen LogP) is 3.93. The molecule has 2 aromatic carbocycles. The van der Waals surface area contributed by atoms with Crippen molar-refractivity contribution in [3.05, 3.63) is 58.7 Å². The van der Waals surface area contributed by atoms with E-state index >= 15 is 0 Å². The van der Waals surface area contributed by atoms with Crippen molar-refractivity contribution in [2.75, 3.05) is 26.4 Å². The molecule has 7 unspecified atom stereocenters. The van der Waals surface area contributed by atoms with Crippen LogP contribution in [0.25, 0.3) is 0 Å². The highest BCUT2D eigenvalue weighted by Gasteiger charge is 2.45. The lowest BCUT2D eigenvalue weighted by atomic mass is 9.89. The quantitative estimate of drug-likeness (QED) is 0.458. The van der Waals surface area contributed by atoms with Crippen molar-refractivity contribution in [2.45, 2.75) is 69.9 Å². The number of rotatable bonds is 8. The van der Waals surface area contributed by atoms with Crippen LogP contribution in [0.1, 0.15) is 61.0 Å². The lowest BCUT2D eigenvalue weighted by Crippen LogP contribution is -2.53. The Bertz CT molecular complexity index is 1280. The number of Topliss-reactive ketones (excluding diaryl/α,β-unsaturated/α-hetero) is 1. The zero-order valence-electron chi connectivity index (χ0n) is 23.3. The van der Waals surface area contributed by atoms with E-state index < -0.39 is 36.4 Å². The first kappa shape index (κ1) is 28.0. The highest BCUT2D eigenvalue weighted by atomic mass is 16.7. The SMILES string of the molecule is CCc1ccc(C2OC(COC(=O)OCC3CC4CCC3C4)C(O)C(O)C2=O)cc1Cc1ccc2c(c1)OCCO2. The predicted molar refractivity (Wildman–Crippen MR) is 147 cm³/mol. The molecule has 220 valence electrons. The number of ether oxygens (including phenoxy) is 5. The molecule has 0 spiro atoms. The van der Waals surface area contributed by atoms with Crippen LogP contribution in [0.5, 0.6) is 11.5 Å². The van der Waals surface area contributed by atoms with E-state index in [0.717, 1.165) is 41.2 Å². The van der Waals surface area contributed by atoms with Gasteiger partial charge in [0.2, 0.25) is 0 Å². The van der Waals surface area contributed by atoms with E-state index in [4.69, 9.17) is 23.7 Å². The fourth-order valence-electron chi connectivity index (χ4n) is 6.91. The summed E-state index contributed by atoms with van der Waals surface area (Å²) in [6.45, 7) is 3.08. The summed E-state index contributed by atoms with van der Waals surface area (Å²) in [6, 6.07) is 11.5. The van der Waals surface area contributed by atoms with Crippen molar-refractivity contribution >= 4 is 11.9 Å². The van der Waals surface area contributed by atoms with E-state index in [1.54, 1.807) is 6.07 Å². The molecule has 2 aliphatic carbocycles. The molecule has 2 heterocycles.